The predicted molar refractivity (Wildman–Crippen MR) is 90.8 cm³/mol. The number of amides is 2. The van der Waals surface area contributed by atoms with Crippen molar-refractivity contribution in [1.82, 2.24) is 10.2 Å². The molecule has 0 aliphatic carbocycles. The lowest BCUT2D eigenvalue weighted by Crippen LogP contribution is -2.39. The molecule has 1 atom stereocenters. The van der Waals surface area contributed by atoms with Crippen molar-refractivity contribution in [2.45, 2.75) is 25.4 Å². The van der Waals surface area contributed by atoms with Gasteiger partial charge in [-0.2, -0.15) is 0 Å². The number of aromatic carboxylic acids is 1. The van der Waals surface area contributed by atoms with E-state index in [1.165, 1.54) is 0 Å². The molecule has 1 aliphatic heterocycles. The number of likely N-dealkylation sites (tertiary alicyclic amines) is 1. The monoisotopic (exact) mass is 324 g/mol. The van der Waals surface area contributed by atoms with Gasteiger partial charge in [0.25, 0.3) is 0 Å². The largest absolute Gasteiger partial charge is 0.478 e. The summed E-state index contributed by atoms with van der Waals surface area (Å²) in [6, 6.07) is 16.7. The molecule has 0 saturated carbocycles. The molecule has 2 amide bonds. The highest BCUT2D eigenvalue weighted by Crippen LogP contribution is 2.31. The molecule has 0 bridgehead atoms. The molecule has 1 aliphatic rings. The van der Waals surface area contributed by atoms with Crippen LogP contribution in [0.5, 0.6) is 0 Å². The SMILES string of the molecule is O=C(O)c1ccc(CNC(=O)N2CCCC2c2ccccc2)cc1. The van der Waals surface area contributed by atoms with Crippen molar-refractivity contribution >= 4 is 12.0 Å². The van der Waals surface area contributed by atoms with E-state index in [0.29, 0.717) is 6.54 Å². The summed E-state index contributed by atoms with van der Waals surface area (Å²) in [5.74, 6) is -0.951. The first-order valence-electron chi connectivity index (χ1n) is 8.07. The Morgan fingerprint density at radius 2 is 1.79 bits per heavy atom. The maximum Gasteiger partial charge on any atom is 0.335 e. The maximum atomic E-state index is 12.5. The average molecular weight is 324 g/mol. The minimum absolute atomic E-state index is 0.0799. The van der Waals surface area contributed by atoms with Crippen LogP contribution in [0.2, 0.25) is 0 Å². The molecule has 2 aromatic rings. The standard InChI is InChI=1S/C19H20N2O3/c22-18(23)16-10-8-14(9-11-16)13-20-19(24)21-12-4-7-17(21)15-5-2-1-3-6-15/h1-3,5-6,8-11,17H,4,7,12-13H2,(H,20,24)(H,22,23). The van der Waals surface area contributed by atoms with Gasteiger partial charge in [-0.15, -0.1) is 0 Å². The molecule has 0 spiro atoms. The van der Waals surface area contributed by atoms with Crippen molar-refractivity contribution in [3.8, 4) is 0 Å². The molecule has 5 heteroatoms. The molecule has 1 saturated heterocycles. The number of rotatable bonds is 4. The van der Waals surface area contributed by atoms with E-state index >= 15 is 0 Å². The van der Waals surface area contributed by atoms with E-state index in [9.17, 15) is 9.59 Å². The van der Waals surface area contributed by atoms with E-state index in [-0.39, 0.29) is 17.6 Å². The van der Waals surface area contributed by atoms with Crippen LogP contribution in [-0.4, -0.2) is 28.6 Å². The fourth-order valence-corrected chi connectivity index (χ4v) is 3.08. The van der Waals surface area contributed by atoms with Crippen molar-refractivity contribution in [2.75, 3.05) is 6.54 Å². The van der Waals surface area contributed by atoms with Crippen molar-refractivity contribution in [1.29, 1.82) is 0 Å². The molecule has 0 aromatic heterocycles. The smallest absolute Gasteiger partial charge is 0.335 e. The van der Waals surface area contributed by atoms with Crippen LogP contribution in [0.15, 0.2) is 54.6 Å². The summed E-state index contributed by atoms with van der Waals surface area (Å²) < 4.78 is 0. The van der Waals surface area contributed by atoms with Crippen molar-refractivity contribution < 1.29 is 14.7 Å². The number of hydrogen-bond acceptors (Lipinski definition) is 2. The summed E-state index contributed by atoms with van der Waals surface area (Å²) in [4.78, 5) is 25.2. The molecule has 1 fully saturated rings. The number of carboxylic acids is 1. The number of urea groups is 1. The second kappa shape index (κ2) is 7.17. The summed E-state index contributed by atoms with van der Waals surface area (Å²) >= 11 is 0. The lowest BCUT2D eigenvalue weighted by atomic mass is 10.1. The van der Waals surface area contributed by atoms with Gasteiger partial charge in [-0.3, -0.25) is 0 Å². The van der Waals surface area contributed by atoms with Crippen LogP contribution < -0.4 is 5.32 Å². The zero-order valence-electron chi connectivity index (χ0n) is 13.3. The zero-order chi connectivity index (χ0) is 16.9. The van der Waals surface area contributed by atoms with Gasteiger partial charge in [-0.25, -0.2) is 9.59 Å². The second-order valence-electron chi connectivity index (χ2n) is 5.92. The average Bonchev–Trinajstić information content (AvgIpc) is 3.10. The first-order chi connectivity index (χ1) is 11.6. The van der Waals surface area contributed by atoms with E-state index in [4.69, 9.17) is 5.11 Å². The Hall–Kier alpha value is -2.82. The molecular formula is C19H20N2O3. The van der Waals surface area contributed by atoms with Gasteiger partial charge in [0.1, 0.15) is 0 Å². The Morgan fingerprint density at radius 3 is 2.46 bits per heavy atom. The number of benzene rings is 2. The third-order valence-corrected chi connectivity index (χ3v) is 4.34. The molecule has 2 N–H and O–H groups in total. The summed E-state index contributed by atoms with van der Waals surface area (Å²) in [6.07, 6.45) is 1.98. The molecule has 24 heavy (non-hydrogen) atoms. The van der Waals surface area contributed by atoms with Crippen molar-refractivity contribution in [2.24, 2.45) is 0 Å². The first-order valence-corrected chi connectivity index (χ1v) is 8.07. The van der Waals surface area contributed by atoms with Crippen LogP contribution in [0.1, 0.15) is 40.4 Å². The topological polar surface area (TPSA) is 69.6 Å². The van der Waals surface area contributed by atoms with Gasteiger partial charge in [0.2, 0.25) is 0 Å². The van der Waals surface area contributed by atoms with Crippen molar-refractivity contribution in [3.63, 3.8) is 0 Å². The van der Waals surface area contributed by atoms with Gasteiger partial charge in [0, 0.05) is 13.1 Å². The van der Waals surface area contributed by atoms with E-state index in [0.717, 1.165) is 30.5 Å². The molecule has 3 rings (SSSR count). The van der Waals surface area contributed by atoms with Crippen LogP contribution in [0, 0.1) is 0 Å². The molecule has 2 aromatic carbocycles. The summed E-state index contributed by atoms with van der Waals surface area (Å²) in [5, 5.41) is 11.8. The third-order valence-electron chi connectivity index (χ3n) is 4.34. The number of nitrogens with zero attached hydrogens (tertiary/aromatic N) is 1. The summed E-state index contributed by atoms with van der Waals surface area (Å²) in [5.41, 5.74) is 2.29. The zero-order valence-corrected chi connectivity index (χ0v) is 13.3. The molecule has 0 radical (unpaired) electrons. The molecule has 1 heterocycles. The molecule has 124 valence electrons. The number of carboxylic acid groups (broad SMARTS) is 1. The highest BCUT2D eigenvalue weighted by atomic mass is 16.4. The van der Waals surface area contributed by atoms with Gasteiger partial charge in [0.05, 0.1) is 11.6 Å². The molecular weight excluding hydrogens is 304 g/mol. The lowest BCUT2D eigenvalue weighted by Gasteiger charge is -2.25. The minimum atomic E-state index is -0.951. The lowest BCUT2D eigenvalue weighted by molar-refractivity contribution is 0.0697. The highest BCUT2D eigenvalue weighted by molar-refractivity contribution is 5.87. The fraction of sp³-hybridized carbons (Fsp3) is 0.263. The van der Waals surface area contributed by atoms with Gasteiger partial charge < -0.3 is 15.3 Å². The van der Waals surface area contributed by atoms with Gasteiger partial charge >= 0.3 is 12.0 Å². The third kappa shape index (κ3) is 3.56. The minimum Gasteiger partial charge on any atom is -0.478 e. The Labute approximate surface area is 140 Å². The Balaban J connectivity index is 1.61. The molecule has 1 unspecified atom stereocenters. The number of hydrogen-bond donors (Lipinski definition) is 2. The number of carbonyl (C=O) groups is 2. The Kier molecular flexibility index (Phi) is 4.79. The number of carbonyl (C=O) groups excluding carboxylic acids is 1. The highest BCUT2D eigenvalue weighted by Gasteiger charge is 2.29. The maximum absolute atomic E-state index is 12.5. The van der Waals surface area contributed by atoms with Crippen molar-refractivity contribution in [3.05, 3.63) is 71.3 Å². The first kappa shape index (κ1) is 16.1. The van der Waals surface area contributed by atoms with E-state index in [1.807, 2.05) is 23.1 Å². The van der Waals surface area contributed by atoms with E-state index < -0.39 is 5.97 Å². The molecule has 5 nitrogen and oxygen atoms in total. The predicted octanol–water partition coefficient (Wildman–Crippen LogP) is 3.43. The van der Waals surface area contributed by atoms with Crippen LogP contribution in [0.3, 0.4) is 0 Å². The van der Waals surface area contributed by atoms with E-state index in [1.54, 1.807) is 24.3 Å². The van der Waals surface area contributed by atoms with E-state index in [2.05, 4.69) is 17.4 Å². The van der Waals surface area contributed by atoms with Gasteiger partial charge in [-0.05, 0) is 36.1 Å². The summed E-state index contributed by atoms with van der Waals surface area (Å²) in [6.45, 7) is 1.14. The second-order valence-corrected chi connectivity index (χ2v) is 5.92. The van der Waals surface area contributed by atoms with Crippen LogP contribution >= 0.6 is 0 Å². The quantitative estimate of drug-likeness (QED) is 0.905. The number of nitrogens with one attached hydrogen (secondary N) is 1. The van der Waals surface area contributed by atoms with Crippen LogP contribution in [-0.2, 0) is 6.54 Å². The van der Waals surface area contributed by atoms with Crippen LogP contribution in [0.4, 0.5) is 4.79 Å². The fourth-order valence-electron chi connectivity index (χ4n) is 3.08. The van der Waals surface area contributed by atoms with Gasteiger partial charge in [0.15, 0.2) is 0 Å². The summed E-state index contributed by atoms with van der Waals surface area (Å²) in [7, 11) is 0. The Bertz CT molecular complexity index is 713. The Morgan fingerprint density at radius 1 is 1.08 bits per heavy atom. The van der Waals surface area contributed by atoms with Crippen LogP contribution in [0.25, 0.3) is 0 Å². The normalized spacial score (nSPS) is 16.8. The van der Waals surface area contributed by atoms with Gasteiger partial charge in [-0.1, -0.05) is 42.5 Å².